The van der Waals surface area contributed by atoms with E-state index < -0.39 is 0 Å². The van der Waals surface area contributed by atoms with E-state index in [4.69, 9.17) is 0 Å². The Morgan fingerprint density at radius 3 is 2.33 bits per heavy atom. The van der Waals surface area contributed by atoms with Gasteiger partial charge in [-0.2, -0.15) is 0 Å². The molecule has 0 aliphatic carbocycles. The van der Waals surface area contributed by atoms with Crippen LogP contribution in [0.4, 0.5) is 11.4 Å². The lowest BCUT2D eigenvalue weighted by Gasteiger charge is -2.13. The van der Waals surface area contributed by atoms with Crippen molar-refractivity contribution in [3.8, 4) is 0 Å². The molecule has 0 saturated carbocycles. The van der Waals surface area contributed by atoms with Crippen LogP contribution in [0.25, 0.3) is 5.57 Å². The molecule has 0 unspecified atom stereocenters. The van der Waals surface area contributed by atoms with Crippen LogP contribution in [0.3, 0.4) is 0 Å². The number of nitrogens with one attached hydrogen (secondary N) is 1. The van der Waals surface area contributed by atoms with Gasteiger partial charge in [-0.25, -0.2) is 0 Å². The third-order valence-electron chi connectivity index (χ3n) is 3.06. The molecule has 0 spiro atoms. The molecular formula is C17H19N. The Bertz CT molecular complexity index is 526. The van der Waals surface area contributed by atoms with Crippen molar-refractivity contribution in [1.29, 1.82) is 0 Å². The summed E-state index contributed by atoms with van der Waals surface area (Å²) in [4.78, 5) is 0. The minimum atomic E-state index is 1.05. The maximum atomic E-state index is 3.48. The van der Waals surface area contributed by atoms with Gasteiger partial charge in [0.05, 0.1) is 0 Å². The molecule has 0 fully saturated rings. The lowest BCUT2D eigenvalue weighted by Crippen LogP contribution is -1.95. The number of para-hydroxylation sites is 2. The second-order valence-electron chi connectivity index (χ2n) is 4.20. The minimum Gasteiger partial charge on any atom is -0.355 e. The molecule has 1 heteroatoms. The fraction of sp³-hybridized carbons (Fsp3) is 0.176. The predicted molar refractivity (Wildman–Crippen MR) is 80.1 cm³/mol. The molecule has 92 valence electrons. The molecule has 0 amide bonds. The zero-order valence-electron chi connectivity index (χ0n) is 11.0. The van der Waals surface area contributed by atoms with E-state index in [0.29, 0.717) is 0 Å². The van der Waals surface area contributed by atoms with Crippen LogP contribution in [0.1, 0.15) is 25.8 Å². The second kappa shape index (κ2) is 6.06. The summed E-state index contributed by atoms with van der Waals surface area (Å²) in [5.74, 6) is 0. The van der Waals surface area contributed by atoms with Crippen molar-refractivity contribution >= 4 is 16.9 Å². The molecule has 0 aliphatic rings. The van der Waals surface area contributed by atoms with E-state index in [2.05, 4.69) is 61.6 Å². The SMILES string of the molecule is C/C=C(\CC)c1ccccc1Nc1ccccc1. The third kappa shape index (κ3) is 2.80. The number of hydrogen-bond acceptors (Lipinski definition) is 1. The molecule has 0 bridgehead atoms. The van der Waals surface area contributed by atoms with Crippen LogP contribution in [0.5, 0.6) is 0 Å². The van der Waals surface area contributed by atoms with E-state index in [1.165, 1.54) is 16.8 Å². The van der Waals surface area contributed by atoms with Crippen molar-refractivity contribution in [3.63, 3.8) is 0 Å². The fourth-order valence-corrected chi connectivity index (χ4v) is 2.10. The van der Waals surface area contributed by atoms with Gasteiger partial charge in [-0.1, -0.05) is 49.4 Å². The normalized spacial score (nSPS) is 11.3. The van der Waals surface area contributed by atoms with Crippen molar-refractivity contribution in [1.82, 2.24) is 0 Å². The topological polar surface area (TPSA) is 12.0 Å². The van der Waals surface area contributed by atoms with Crippen LogP contribution in [0, 0.1) is 0 Å². The first-order valence-corrected chi connectivity index (χ1v) is 6.41. The van der Waals surface area contributed by atoms with Crippen LogP contribution in [-0.2, 0) is 0 Å². The van der Waals surface area contributed by atoms with E-state index in [0.717, 1.165) is 12.1 Å². The van der Waals surface area contributed by atoms with E-state index in [9.17, 15) is 0 Å². The highest BCUT2D eigenvalue weighted by Crippen LogP contribution is 2.28. The fourth-order valence-electron chi connectivity index (χ4n) is 2.10. The first-order valence-electron chi connectivity index (χ1n) is 6.41. The van der Waals surface area contributed by atoms with E-state index in [-0.39, 0.29) is 0 Å². The summed E-state index contributed by atoms with van der Waals surface area (Å²) < 4.78 is 0. The summed E-state index contributed by atoms with van der Waals surface area (Å²) in [6, 6.07) is 18.7. The molecule has 0 heterocycles. The van der Waals surface area contributed by atoms with Gasteiger partial charge in [-0.05, 0) is 37.1 Å². The van der Waals surface area contributed by atoms with E-state index >= 15 is 0 Å². The van der Waals surface area contributed by atoms with Gasteiger partial charge in [0.15, 0.2) is 0 Å². The lowest BCUT2D eigenvalue weighted by molar-refractivity contribution is 1.23. The average molecular weight is 237 g/mol. The molecule has 2 aromatic rings. The van der Waals surface area contributed by atoms with Crippen molar-refractivity contribution in [2.24, 2.45) is 0 Å². The van der Waals surface area contributed by atoms with Gasteiger partial charge in [0, 0.05) is 16.9 Å². The first kappa shape index (κ1) is 12.4. The molecule has 0 saturated heterocycles. The van der Waals surface area contributed by atoms with Crippen LogP contribution < -0.4 is 5.32 Å². The quantitative estimate of drug-likeness (QED) is 0.766. The Labute approximate surface area is 109 Å². The molecule has 2 aromatic carbocycles. The van der Waals surface area contributed by atoms with Gasteiger partial charge in [-0.15, -0.1) is 0 Å². The maximum absolute atomic E-state index is 3.48. The van der Waals surface area contributed by atoms with Gasteiger partial charge >= 0.3 is 0 Å². The molecule has 1 N–H and O–H groups in total. The van der Waals surface area contributed by atoms with Crippen LogP contribution in [0.2, 0.25) is 0 Å². The molecule has 0 radical (unpaired) electrons. The van der Waals surface area contributed by atoms with Crippen LogP contribution in [0.15, 0.2) is 60.7 Å². The van der Waals surface area contributed by atoms with Gasteiger partial charge in [0.1, 0.15) is 0 Å². The smallest absolute Gasteiger partial charge is 0.0460 e. The zero-order chi connectivity index (χ0) is 12.8. The Kier molecular flexibility index (Phi) is 4.19. The molecule has 0 atom stereocenters. The molecule has 1 nitrogen and oxygen atoms in total. The zero-order valence-corrected chi connectivity index (χ0v) is 11.0. The molecule has 2 rings (SSSR count). The predicted octanol–water partition coefficient (Wildman–Crippen LogP) is 5.24. The Morgan fingerprint density at radius 2 is 1.67 bits per heavy atom. The van der Waals surface area contributed by atoms with Crippen molar-refractivity contribution in [3.05, 3.63) is 66.2 Å². The summed E-state index contributed by atoms with van der Waals surface area (Å²) in [7, 11) is 0. The van der Waals surface area contributed by atoms with Gasteiger partial charge in [0.25, 0.3) is 0 Å². The number of allylic oxidation sites excluding steroid dienone is 2. The van der Waals surface area contributed by atoms with Crippen molar-refractivity contribution in [2.75, 3.05) is 5.32 Å². The molecule has 0 aliphatic heterocycles. The van der Waals surface area contributed by atoms with Gasteiger partial charge in [0.2, 0.25) is 0 Å². The van der Waals surface area contributed by atoms with Gasteiger partial charge < -0.3 is 5.32 Å². The van der Waals surface area contributed by atoms with Crippen molar-refractivity contribution < 1.29 is 0 Å². The number of benzene rings is 2. The largest absolute Gasteiger partial charge is 0.355 e. The van der Waals surface area contributed by atoms with Crippen LogP contribution >= 0.6 is 0 Å². The highest BCUT2D eigenvalue weighted by Gasteiger charge is 2.04. The highest BCUT2D eigenvalue weighted by atomic mass is 14.9. The minimum absolute atomic E-state index is 1.05. The van der Waals surface area contributed by atoms with E-state index in [1.54, 1.807) is 0 Å². The standard InChI is InChI=1S/C17H19N/c1-3-14(4-2)16-12-8-9-13-17(16)18-15-10-6-5-7-11-15/h3,5-13,18H,4H2,1-2H3/b14-3+. The first-order chi connectivity index (χ1) is 8.85. The highest BCUT2D eigenvalue weighted by molar-refractivity contribution is 5.78. The number of anilines is 2. The summed E-state index contributed by atoms with van der Waals surface area (Å²) in [6.07, 6.45) is 3.23. The summed E-state index contributed by atoms with van der Waals surface area (Å²) >= 11 is 0. The third-order valence-corrected chi connectivity index (χ3v) is 3.06. The van der Waals surface area contributed by atoms with E-state index in [1.807, 2.05) is 18.2 Å². The maximum Gasteiger partial charge on any atom is 0.0460 e. The molecule has 0 aromatic heterocycles. The lowest BCUT2D eigenvalue weighted by atomic mass is 10.0. The summed E-state index contributed by atoms with van der Waals surface area (Å²) in [6.45, 7) is 4.28. The second-order valence-corrected chi connectivity index (χ2v) is 4.20. The van der Waals surface area contributed by atoms with Crippen molar-refractivity contribution in [2.45, 2.75) is 20.3 Å². The molecular weight excluding hydrogens is 218 g/mol. The Balaban J connectivity index is 2.34. The average Bonchev–Trinajstić information content (AvgIpc) is 2.43. The summed E-state index contributed by atoms with van der Waals surface area (Å²) in [5, 5.41) is 3.48. The Hall–Kier alpha value is -2.02. The summed E-state index contributed by atoms with van der Waals surface area (Å²) in [5.41, 5.74) is 4.94. The molecule has 18 heavy (non-hydrogen) atoms. The van der Waals surface area contributed by atoms with Gasteiger partial charge in [-0.3, -0.25) is 0 Å². The number of rotatable bonds is 4. The van der Waals surface area contributed by atoms with Crippen LogP contribution in [-0.4, -0.2) is 0 Å². The Morgan fingerprint density at radius 1 is 1.00 bits per heavy atom. The monoisotopic (exact) mass is 237 g/mol. The number of hydrogen-bond donors (Lipinski definition) is 1.